The number of carbonyl (C=O) groups excluding carboxylic acids is 4. The lowest BCUT2D eigenvalue weighted by atomic mass is 9.96. The third kappa shape index (κ3) is 7.51. The Labute approximate surface area is 157 Å². The van der Waals surface area contributed by atoms with E-state index in [-0.39, 0.29) is 6.61 Å². The summed E-state index contributed by atoms with van der Waals surface area (Å²) in [7, 11) is 0. The maximum absolute atomic E-state index is 11.6. The Kier molecular flexibility index (Phi) is 9.16. The molecular weight excluding hydrogens is 362 g/mol. The Morgan fingerprint density at radius 2 is 1.52 bits per heavy atom. The molecule has 1 amide bonds. The van der Waals surface area contributed by atoms with Crippen molar-refractivity contribution in [3.05, 3.63) is 0 Å². The third-order valence-corrected chi connectivity index (χ3v) is 3.56. The fraction of sp³-hybridized carbons (Fsp3) is 0.765. The lowest BCUT2D eigenvalue weighted by molar-refractivity contribution is -0.277. The predicted octanol–water partition coefficient (Wildman–Crippen LogP) is 0.0691. The molecule has 0 unspecified atom stereocenters. The normalized spacial score (nSPS) is 27.4. The fourth-order valence-electron chi connectivity index (χ4n) is 2.67. The second-order valence-corrected chi connectivity index (χ2v) is 6.09. The van der Waals surface area contributed by atoms with E-state index in [1.165, 1.54) is 27.7 Å². The molecule has 0 aromatic rings. The summed E-state index contributed by atoms with van der Waals surface area (Å²) in [5.41, 5.74) is 0. The van der Waals surface area contributed by atoms with E-state index in [1.54, 1.807) is 0 Å². The minimum atomic E-state index is -1.11. The van der Waals surface area contributed by atoms with Gasteiger partial charge in [0.1, 0.15) is 18.8 Å². The van der Waals surface area contributed by atoms with E-state index in [0.29, 0.717) is 13.0 Å². The first-order valence-corrected chi connectivity index (χ1v) is 8.67. The molecule has 0 aromatic heterocycles. The minimum Gasteiger partial charge on any atom is -0.463 e. The van der Waals surface area contributed by atoms with Crippen molar-refractivity contribution in [2.45, 2.75) is 71.7 Å². The van der Waals surface area contributed by atoms with Crippen molar-refractivity contribution in [1.29, 1.82) is 0 Å². The summed E-state index contributed by atoms with van der Waals surface area (Å²) in [5, 5.41) is 2.62. The largest absolute Gasteiger partial charge is 0.463 e. The molecule has 1 fully saturated rings. The molecule has 1 N–H and O–H groups in total. The summed E-state index contributed by atoms with van der Waals surface area (Å²) >= 11 is 0. The van der Waals surface area contributed by atoms with Gasteiger partial charge in [-0.1, -0.05) is 6.92 Å². The maximum Gasteiger partial charge on any atom is 0.303 e. The van der Waals surface area contributed by atoms with Gasteiger partial charge in [-0.25, -0.2) is 0 Å². The van der Waals surface area contributed by atoms with E-state index < -0.39 is 54.5 Å². The molecule has 0 saturated carbocycles. The summed E-state index contributed by atoms with van der Waals surface area (Å²) < 4.78 is 27.0. The molecule has 5 atom stereocenters. The first-order chi connectivity index (χ1) is 12.6. The highest BCUT2D eigenvalue weighted by atomic mass is 16.7. The van der Waals surface area contributed by atoms with Crippen molar-refractivity contribution < 1.29 is 42.9 Å². The van der Waals surface area contributed by atoms with Crippen LogP contribution >= 0.6 is 0 Å². The van der Waals surface area contributed by atoms with Crippen LogP contribution in [0.4, 0.5) is 0 Å². The van der Waals surface area contributed by atoms with Gasteiger partial charge < -0.3 is 29.0 Å². The Morgan fingerprint density at radius 1 is 0.926 bits per heavy atom. The molecule has 0 aliphatic carbocycles. The number of amides is 1. The van der Waals surface area contributed by atoms with Crippen LogP contribution in [0.15, 0.2) is 0 Å². The zero-order valence-corrected chi connectivity index (χ0v) is 16.2. The van der Waals surface area contributed by atoms with Crippen molar-refractivity contribution in [2.75, 3.05) is 13.2 Å². The van der Waals surface area contributed by atoms with Crippen molar-refractivity contribution in [3.8, 4) is 0 Å². The van der Waals surface area contributed by atoms with Gasteiger partial charge in [-0.2, -0.15) is 0 Å². The van der Waals surface area contributed by atoms with Crippen LogP contribution in [-0.4, -0.2) is 67.7 Å². The molecule has 0 bridgehead atoms. The summed E-state index contributed by atoms with van der Waals surface area (Å²) in [6.45, 7) is 6.83. The maximum atomic E-state index is 11.6. The highest BCUT2D eigenvalue weighted by molar-refractivity contribution is 5.73. The van der Waals surface area contributed by atoms with Crippen LogP contribution in [0.25, 0.3) is 0 Å². The number of ether oxygens (including phenoxy) is 5. The first-order valence-electron chi connectivity index (χ1n) is 8.67. The number of hydrogen-bond acceptors (Lipinski definition) is 9. The van der Waals surface area contributed by atoms with Gasteiger partial charge in [-0.3, -0.25) is 19.2 Å². The molecule has 10 nitrogen and oxygen atoms in total. The van der Waals surface area contributed by atoms with E-state index in [0.717, 1.165) is 0 Å². The van der Waals surface area contributed by atoms with Crippen molar-refractivity contribution in [1.82, 2.24) is 5.32 Å². The quantitative estimate of drug-likeness (QED) is 0.453. The zero-order chi connectivity index (χ0) is 20.6. The standard InChI is InChI=1S/C17H27NO9/c1-6-7-23-17-14(18-9(2)19)16(26-12(5)22)15(25-11(4)21)13(27-17)8-24-10(3)20/h13-17H,6-8H2,1-5H3,(H,18,19)/t13-,14+,15+,16-,17-/m0/s1. The Hall–Kier alpha value is -2.20. The van der Waals surface area contributed by atoms with Crippen LogP contribution in [0.5, 0.6) is 0 Å². The van der Waals surface area contributed by atoms with E-state index in [4.69, 9.17) is 23.7 Å². The summed E-state index contributed by atoms with van der Waals surface area (Å²) in [5.74, 6) is -2.26. The topological polar surface area (TPSA) is 126 Å². The van der Waals surface area contributed by atoms with Gasteiger partial charge in [0.25, 0.3) is 0 Å². The minimum absolute atomic E-state index is 0.246. The molecule has 0 spiro atoms. The molecule has 1 aliphatic rings. The van der Waals surface area contributed by atoms with Gasteiger partial charge in [0.15, 0.2) is 18.5 Å². The van der Waals surface area contributed by atoms with Crippen LogP contribution in [0.3, 0.4) is 0 Å². The number of carbonyl (C=O) groups is 4. The van der Waals surface area contributed by atoms with Gasteiger partial charge in [0.05, 0.1) is 0 Å². The average molecular weight is 389 g/mol. The second-order valence-electron chi connectivity index (χ2n) is 6.09. The molecule has 10 heteroatoms. The lowest BCUT2D eigenvalue weighted by Gasteiger charge is -2.44. The predicted molar refractivity (Wildman–Crippen MR) is 90.2 cm³/mol. The van der Waals surface area contributed by atoms with Crippen molar-refractivity contribution in [2.24, 2.45) is 0 Å². The third-order valence-electron chi connectivity index (χ3n) is 3.56. The van der Waals surface area contributed by atoms with Crippen LogP contribution < -0.4 is 5.32 Å². The molecule has 1 heterocycles. The van der Waals surface area contributed by atoms with E-state index in [1.807, 2.05) is 6.92 Å². The Bertz CT molecular complexity index is 551. The molecule has 154 valence electrons. The molecule has 0 radical (unpaired) electrons. The van der Waals surface area contributed by atoms with E-state index in [2.05, 4.69) is 5.32 Å². The summed E-state index contributed by atoms with van der Waals surface area (Å²) in [4.78, 5) is 46.0. The van der Waals surface area contributed by atoms with Crippen LogP contribution in [0.1, 0.15) is 41.0 Å². The average Bonchev–Trinajstić information content (AvgIpc) is 2.54. The van der Waals surface area contributed by atoms with Crippen LogP contribution in [0, 0.1) is 0 Å². The Balaban J connectivity index is 3.22. The monoisotopic (exact) mass is 389 g/mol. The molecule has 27 heavy (non-hydrogen) atoms. The number of nitrogens with one attached hydrogen (secondary N) is 1. The molecule has 1 saturated heterocycles. The number of esters is 3. The van der Waals surface area contributed by atoms with Crippen molar-refractivity contribution in [3.63, 3.8) is 0 Å². The summed E-state index contributed by atoms with van der Waals surface area (Å²) in [6.07, 6.45) is -3.47. The fourth-order valence-corrected chi connectivity index (χ4v) is 2.67. The highest BCUT2D eigenvalue weighted by Gasteiger charge is 2.51. The SMILES string of the molecule is CCCO[C@H]1O[C@@H](COC(C)=O)[C@@H](OC(C)=O)[C@@H](OC(C)=O)[C@H]1NC(C)=O. The van der Waals surface area contributed by atoms with Gasteiger partial charge in [0.2, 0.25) is 5.91 Å². The molecule has 1 aliphatic heterocycles. The zero-order valence-electron chi connectivity index (χ0n) is 16.2. The highest BCUT2D eigenvalue weighted by Crippen LogP contribution is 2.28. The van der Waals surface area contributed by atoms with Gasteiger partial charge in [-0.05, 0) is 6.42 Å². The number of rotatable bonds is 8. The molecular formula is C17H27NO9. The Morgan fingerprint density at radius 3 is 2.00 bits per heavy atom. The second kappa shape index (κ2) is 10.8. The van der Waals surface area contributed by atoms with Crippen LogP contribution in [-0.2, 0) is 42.9 Å². The number of hydrogen-bond donors (Lipinski definition) is 1. The molecule has 0 aromatic carbocycles. The van der Waals surface area contributed by atoms with E-state index in [9.17, 15) is 19.2 Å². The van der Waals surface area contributed by atoms with Gasteiger partial charge in [-0.15, -0.1) is 0 Å². The lowest BCUT2D eigenvalue weighted by Crippen LogP contribution is -2.66. The van der Waals surface area contributed by atoms with Gasteiger partial charge >= 0.3 is 17.9 Å². The van der Waals surface area contributed by atoms with Gasteiger partial charge in [0, 0.05) is 34.3 Å². The molecule has 1 rings (SSSR count). The smallest absolute Gasteiger partial charge is 0.303 e. The van der Waals surface area contributed by atoms with Crippen LogP contribution in [0.2, 0.25) is 0 Å². The summed E-state index contributed by atoms with van der Waals surface area (Å²) in [6, 6.07) is -0.920. The van der Waals surface area contributed by atoms with Crippen molar-refractivity contribution >= 4 is 23.8 Å². The first kappa shape index (κ1) is 22.8. The van der Waals surface area contributed by atoms with E-state index >= 15 is 0 Å².